The number of aryl methyl sites for hydroxylation is 1. The molecule has 1 aliphatic heterocycles. The summed E-state index contributed by atoms with van der Waals surface area (Å²) in [5.41, 5.74) is 1.26. The number of carbonyl (C=O) groups is 1. The first-order valence-corrected chi connectivity index (χ1v) is 7.99. The molecule has 1 aromatic rings. The maximum atomic E-state index is 11.8. The highest BCUT2D eigenvalue weighted by atomic mass is 16.5. The van der Waals surface area contributed by atoms with Crippen LogP contribution in [0.5, 0.6) is 5.75 Å². The molecule has 22 heavy (non-hydrogen) atoms. The van der Waals surface area contributed by atoms with Gasteiger partial charge in [-0.3, -0.25) is 9.69 Å². The molecular weight excluding hydrogens is 280 g/mol. The molecule has 0 aliphatic carbocycles. The number of carbonyl (C=O) groups excluding carboxylic acids is 1. The molecule has 1 unspecified atom stereocenters. The smallest absolute Gasteiger partial charge is 0.257 e. The zero-order chi connectivity index (χ0) is 15.8. The van der Waals surface area contributed by atoms with Crippen LogP contribution < -0.4 is 10.1 Å². The van der Waals surface area contributed by atoms with Crippen LogP contribution in [0.15, 0.2) is 24.3 Å². The third-order valence-corrected chi connectivity index (χ3v) is 3.97. The van der Waals surface area contributed by atoms with E-state index in [0.29, 0.717) is 12.6 Å². The average Bonchev–Trinajstić information content (AvgIpc) is 2.59. The molecule has 2 rings (SSSR count). The van der Waals surface area contributed by atoms with E-state index in [1.807, 2.05) is 24.3 Å². The van der Waals surface area contributed by atoms with Crippen LogP contribution in [0.25, 0.3) is 0 Å². The number of hydrogen-bond donors (Lipinski definition) is 1. The summed E-state index contributed by atoms with van der Waals surface area (Å²) < 4.78 is 10.8. The Morgan fingerprint density at radius 1 is 1.32 bits per heavy atom. The van der Waals surface area contributed by atoms with E-state index in [1.54, 1.807) is 0 Å². The minimum absolute atomic E-state index is 0.0568. The highest BCUT2D eigenvalue weighted by Gasteiger charge is 2.17. The van der Waals surface area contributed by atoms with Gasteiger partial charge in [0, 0.05) is 25.7 Å². The predicted molar refractivity (Wildman–Crippen MR) is 86.2 cm³/mol. The molecule has 1 aromatic carbocycles. The van der Waals surface area contributed by atoms with Crippen LogP contribution >= 0.6 is 0 Å². The van der Waals surface area contributed by atoms with Gasteiger partial charge in [0.15, 0.2) is 6.61 Å². The highest BCUT2D eigenvalue weighted by molar-refractivity contribution is 5.77. The SMILES string of the molecule is CCc1ccc(OCC(=O)NCC(C)N2CCOCC2)cc1. The van der Waals surface area contributed by atoms with Crippen LogP contribution in [0.4, 0.5) is 0 Å². The Morgan fingerprint density at radius 3 is 2.64 bits per heavy atom. The molecule has 5 nitrogen and oxygen atoms in total. The number of nitrogens with one attached hydrogen (secondary N) is 1. The summed E-state index contributed by atoms with van der Waals surface area (Å²) in [5, 5.41) is 2.93. The second-order valence-electron chi connectivity index (χ2n) is 5.59. The van der Waals surface area contributed by atoms with Gasteiger partial charge < -0.3 is 14.8 Å². The van der Waals surface area contributed by atoms with Crippen LogP contribution in [0.3, 0.4) is 0 Å². The van der Waals surface area contributed by atoms with Crippen LogP contribution in [0.1, 0.15) is 19.4 Å². The number of amides is 1. The van der Waals surface area contributed by atoms with Crippen molar-refractivity contribution in [2.75, 3.05) is 39.5 Å². The number of nitrogens with zero attached hydrogens (tertiary/aromatic N) is 1. The molecule has 1 aliphatic rings. The van der Waals surface area contributed by atoms with E-state index in [4.69, 9.17) is 9.47 Å². The molecule has 122 valence electrons. The lowest BCUT2D eigenvalue weighted by atomic mass is 10.2. The molecule has 0 radical (unpaired) electrons. The third-order valence-electron chi connectivity index (χ3n) is 3.97. The quantitative estimate of drug-likeness (QED) is 0.829. The van der Waals surface area contributed by atoms with Crippen molar-refractivity contribution in [2.45, 2.75) is 26.3 Å². The van der Waals surface area contributed by atoms with Crippen molar-refractivity contribution in [1.29, 1.82) is 0 Å². The van der Waals surface area contributed by atoms with E-state index < -0.39 is 0 Å². The molecule has 0 spiro atoms. The lowest BCUT2D eigenvalue weighted by molar-refractivity contribution is -0.123. The van der Waals surface area contributed by atoms with Crippen LogP contribution in [-0.2, 0) is 16.0 Å². The summed E-state index contributed by atoms with van der Waals surface area (Å²) >= 11 is 0. The first kappa shape index (κ1) is 16.8. The van der Waals surface area contributed by atoms with Crippen molar-refractivity contribution in [2.24, 2.45) is 0 Å². The molecule has 1 heterocycles. The van der Waals surface area contributed by atoms with Crippen LogP contribution in [0.2, 0.25) is 0 Å². The number of rotatable bonds is 7. The van der Waals surface area contributed by atoms with E-state index in [1.165, 1.54) is 5.56 Å². The average molecular weight is 306 g/mol. The van der Waals surface area contributed by atoms with E-state index >= 15 is 0 Å². The van der Waals surface area contributed by atoms with Crippen molar-refractivity contribution >= 4 is 5.91 Å². The van der Waals surface area contributed by atoms with Gasteiger partial charge in [0.2, 0.25) is 0 Å². The minimum atomic E-state index is -0.0836. The lowest BCUT2D eigenvalue weighted by Gasteiger charge is -2.32. The topological polar surface area (TPSA) is 50.8 Å². The van der Waals surface area contributed by atoms with E-state index in [2.05, 4.69) is 24.1 Å². The van der Waals surface area contributed by atoms with Crippen LogP contribution in [0, 0.1) is 0 Å². The van der Waals surface area contributed by atoms with Gasteiger partial charge in [0.25, 0.3) is 5.91 Å². The monoisotopic (exact) mass is 306 g/mol. The number of ether oxygens (including phenoxy) is 2. The second kappa shape index (κ2) is 8.76. The fraction of sp³-hybridized carbons (Fsp3) is 0.588. The maximum absolute atomic E-state index is 11.8. The second-order valence-corrected chi connectivity index (χ2v) is 5.59. The largest absolute Gasteiger partial charge is 0.484 e. The Balaban J connectivity index is 1.66. The fourth-order valence-corrected chi connectivity index (χ4v) is 2.43. The summed E-state index contributed by atoms with van der Waals surface area (Å²) in [6.45, 7) is 8.33. The third kappa shape index (κ3) is 5.31. The zero-order valence-corrected chi connectivity index (χ0v) is 13.5. The van der Waals surface area contributed by atoms with Gasteiger partial charge in [-0.2, -0.15) is 0 Å². The van der Waals surface area contributed by atoms with Crippen molar-refractivity contribution in [3.8, 4) is 5.75 Å². The first-order valence-electron chi connectivity index (χ1n) is 7.99. The highest BCUT2D eigenvalue weighted by Crippen LogP contribution is 2.12. The zero-order valence-electron chi connectivity index (χ0n) is 13.5. The molecule has 1 fully saturated rings. The molecule has 1 atom stereocenters. The van der Waals surface area contributed by atoms with Gasteiger partial charge in [-0.25, -0.2) is 0 Å². The molecule has 0 saturated carbocycles. The Bertz CT molecular complexity index is 455. The Morgan fingerprint density at radius 2 is 2.00 bits per heavy atom. The van der Waals surface area contributed by atoms with Gasteiger partial charge in [0.1, 0.15) is 5.75 Å². The summed E-state index contributed by atoms with van der Waals surface area (Å²) in [6, 6.07) is 8.17. The Labute approximate surface area is 132 Å². The van der Waals surface area contributed by atoms with Gasteiger partial charge in [0.05, 0.1) is 13.2 Å². The Hall–Kier alpha value is -1.59. The molecule has 5 heteroatoms. The van der Waals surface area contributed by atoms with Crippen molar-refractivity contribution in [3.63, 3.8) is 0 Å². The van der Waals surface area contributed by atoms with E-state index in [0.717, 1.165) is 38.5 Å². The van der Waals surface area contributed by atoms with E-state index in [9.17, 15) is 4.79 Å². The fourth-order valence-electron chi connectivity index (χ4n) is 2.43. The van der Waals surface area contributed by atoms with Gasteiger partial charge >= 0.3 is 0 Å². The molecule has 0 bridgehead atoms. The molecule has 1 N–H and O–H groups in total. The molecule has 0 aromatic heterocycles. The molecule has 1 amide bonds. The first-order chi connectivity index (χ1) is 10.7. The standard InChI is InChI=1S/C17H26N2O3/c1-3-15-4-6-16(7-5-15)22-13-17(20)18-12-14(2)19-8-10-21-11-9-19/h4-7,14H,3,8-13H2,1-2H3,(H,18,20). The Kier molecular flexibility index (Phi) is 6.68. The van der Waals surface area contributed by atoms with Crippen LogP contribution in [-0.4, -0.2) is 56.3 Å². The summed E-state index contributed by atoms with van der Waals surface area (Å²) in [7, 11) is 0. The van der Waals surface area contributed by atoms with Gasteiger partial charge in [-0.15, -0.1) is 0 Å². The molecule has 1 saturated heterocycles. The van der Waals surface area contributed by atoms with E-state index in [-0.39, 0.29) is 12.5 Å². The summed E-state index contributed by atoms with van der Waals surface area (Å²) in [5.74, 6) is 0.647. The normalized spacial score (nSPS) is 17.0. The molecular formula is C17H26N2O3. The number of morpholine rings is 1. The summed E-state index contributed by atoms with van der Waals surface area (Å²) in [4.78, 5) is 14.2. The maximum Gasteiger partial charge on any atom is 0.257 e. The number of benzene rings is 1. The van der Waals surface area contributed by atoms with Crippen molar-refractivity contribution < 1.29 is 14.3 Å². The van der Waals surface area contributed by atoms with Gasteiger partial charge in [-0.05, 0) is 31.0 Å². The number of hydrogen-bond acceptors (Lipinski definition) is 4. The lowest BCUT2D eigenvalue weighted by Crippen LogP contribution is -2.47. The van der Waals surface area contributed by atoms with Crippen molar-refractivity contribution in [3.05, 3.63) is 29.8 Å². The van der Waals surface area contributed by atoms with Crippen molar-refractivity contribution in [1.82, 2.24) is 10.2 Å². The minimum Gasteiger partial charge on any atom is -0.484 e. The summed E-state index contributed by atoms with van der Waals surface area (Å²) in [6.07, 6.45) is 1.00. The van der Waals surface area contributed by atoms with Gasteiger partial charge in [-0.1, -0.05) is 19.1 Å². The predicted octanol–water partition coefficient (Wildman–Crippen LogP) is 1.46.